The summed E-state index contributed by atoms with van der Waals surface area (Å²) in [5, 5.41) is 2.91. The number of amides is 1. The Morgan fingerprint density at radius 3 is 2.84 bits per heavy atom. The molecule has 0 saturated heterocycles. The molecule has 3 rings (SSSR count). The third-order valence-electron chi connectivity index (χ3n) is 3.72. The molecule has 130 valence electrons. The van der Waals surface area contributed by atoms with E-state index in [4.69, 9.17) is 4.74 Å². The van der Waals surface area contributed by atoms with Crippen LogP contribution in [0.3, 0.4) is 0 Å². The van der Waals surface area contributed by atoms with Gasteiger partial charge in [-0.1, -0.05) is 22.0 Å². The summed E-state index contributed by atoms with van der Waals surface area (Å²) < 4.78 is 6.35. The van der Waals surface area contributed by atoms with Crippen molar-refractivity contribution >= 4 is 44.5 Å². The maximum Gasteiger partial charge on any atom is 0.265 e. The molecule has 0 aliphatic rings. The molecular weight excluding hydrogens is 420 g/mol. The fourth-order valence-electron chi connectivity index (χ4n) is 2.47. The Kier molecular flexibility index (Phi) is 5.56. The van der Waals surface area contributed by atoms with Gasteiger partial charge in [0.15, 0.2) is 0 Å². The van der Waals surface area contributed by atoms with E-state index in [1.165, 1.54) is 11.3 Å². The lowest BCUT2D eigenvalue weighted by atomic mass is 10.2. The molecule has 4 nitrogen and oxygen atoms in total. The predicted molar refractivity (Wildman–Crippen MR) is 107 cm³/mol. The normalized spacial score (nSPS) is 10.7. The molecule has 0 N–H and O–H groups in total. The van der Waals surface area contributed by atoms with Crippen molar-refractivity contribution in [2.45, 2.75) is 13.5 Å². The van der Waals surface area contributed by atoms with Gasteiger partial charge >= 0.3 is 0 Å². The van der Waals surface area contributed by atoms with Crippen LogP contribution in [0.15, 0.2) is 40.2 Å². The topological polar surface area (TPSA) is 42.4 Å². The average molecular weight is 437 g/mol. The maximum absolute atomic E-state index is 12.9. The third kappa shape index (κ3) is 3.94. The van der Waals surface area contributed by atoms with Gasteiger partial charge in [0.2, 0.25) is 0 Å². The number of aromatic nitrogens is 1. The van der Waals surface area contributed by atoms with E-state index in [2.05, 4.69) is 20.9 Å². The molecule has 0 fully saturated rings. The highest BCUT2D eigenvalue weighted by molar-refractivity contribution is 9.10. The summed E-state index contributed by atoms with van der Waals surface area (Å²) in [7, 11) is 3.43. The summed E-state index contributed by atoms with van der Waals surface area (Å²) >= 11 is 6.54. The second kappa shape index (κ2) is 7.68. The molecule has 3 aromatic rings. The van der Waals surface area contributed by atoms with E-state index in [0.29, 0.717) is 11.4 Å². The summed E-state index contributed by atoms with van der Waals surface area (Å²) in [6.45, 7) is 2.35. The predicted octanol–water partition coefficient (Wildman–Crippen LogP) is 5.22. The lowest BCUT2D eigenvalue weighted by molar-refractivity contribution is 0.0788. The number of halogens is 1. The Labute approximate surface area is 163 Å². The summed E-state index contributed by atoms with van der Waals surface area (Å²) in [6, 6.07) is 9.80. The van der Waals surface area contributed by atoms with Crippen LogP contribution in [0.2, 0.25) is 0 Å². The first-order valence-corrected chi connectivity index (χ1v) is 10.1. The second-order valence-electron chi connectivity index (χ2n) is 5.53. The number of nitrogens with zero attached hydrogens (tertiary/aromatic N) is 2. The van der Waals surface area contributed by atoms with Crippen LogP contribution in [0.25, 0.3) is 9.88 Å². The number of hydrogen-bond donors (Lipinski definition) is 0. The van der Waals surface area contributed by atoms with Crippen molar-refractivity contribution in [1.82, 2.24) is 9.88 Å². The second-order valence-corrected chi connectivity index (χ2v) is 8.39. The number of aryl methyl sites for hydroxylation is 1. The van der Waals surface area contributed by atoms with Crippen molar-refractivity contribution in [2.24, 2.45) is 0 Å². The Hall–Kier alpha value is -1.70. The molecule has 2 aromatic heterocycles. The van der Waals surface area contributed by atoms with Crippen molar-refractivity contribution in [2.75, 3.05) is 14.2 Å². The maximum atomic E-state index is 12.9. The van der Waals surface area contributed by atoms with Crippen LogP contribution in [0.5, 0.6) is 5.75 Å². The van der Waals surface area contributed by atoms with Crippen molar-refractivity contribution in [3.8, 4) is 15.6 Å². The number of benzene rings is 1. The Bertz CT molecular complexity index is 891. The average Bonchev–Trinajstić information content (AvgIpc) is 3.23. The van der Waals surface area contributed by atoms with Crippen LogP contribution in [-0.2, 0) is 6.54 Å². The fourth-order valence-corrected chi connectivity index (χ4v) is 4.74. The monoisotopic (exact) mass is 436 g/mol. The number of carbonyl (C=O) groups excluding carboxylic acids is 1. The van der Waals surface area contributed by atoms with Crippen LogP contribution in [-0.4, -0.2) is 29.9 Å². The molecule has 7 heteroatoms. The van der Waals surface area contributed by atoms with E-state index in [9.17, 15) is 4.79 Å². The van der Waals surface area contributed by atoms with Crippen LogP contribution < -0.4 is 4.74 Å². The lowest BCUT2D eigenvalue weighted by Gasteiger charge is -2.18. The van der Waals surface area contributed by atoms with Crippen LogP contribution in [0.1, 0.15) is 20.9 Å². The van der Waals surface area contributed by atoms with Crippen molar-refractivity contribution in [3.63, 3.8) is 0 Å². The molecule has 0 aliphatic heterocycles. The number of rotatable bonds is 5. The molecular formula is C18H17BrN2O2S2. The molecule has 0 spiro atoms. The standard InChI is InChI=1S/C18H17BrN2O2S2/c1-11-16(25-17(20-11)15-5-4-8-24-15)18(22)21(2)10-12-9-13(19)6-7-14(12)23-3/h4-9H,10H2,1-3H3. The molecule has 1 aromatic carbocycles. The van der Waals surface area contributed by atoms with Gasteiger partial charge in [0, 0.05) is 23.6 Å². The van der Waals surface area contributed by atoms with Gasteiger partial charge in [0.05, 0.1) is 17.7 Å². The first-order valence-electron chi connectivity index (χ1n) is 7.58. The summed E-state index contributed by atoms with van der Waals surface area (Å²) in [6.07, 6.45) is 0. The molecule has 0 aliphatic carbocycles. The minimum atomic E-state index is -0.0279. The number of thiophene rings is 1. The quantitative estimate of drug-likeness (QED) is 0.550. The van der Waals surface area contributed by atoms with Gasteiger partial charge in [-0.05, 0) is 36.6 Å². The zero-order valence-electron chi connectivity index (χ0n) is 14.1. The molecule has 0 bridgehead atoms. The largest absolute Gasteiger partial charge is 0.496 e. The Morgan fingerprint density at radius 1 is 1.36 bits per heavy atom. The Balaban J connectivity index is 1.83. The zero-order chi connectivity index (χ0) is 18.0. The lowest BCUT2D eigenvalue weighted by Crippen LogP contribution is -2.26. The molecule has 2 heterocycles. The number of ether oxygens (including phenoxy) is 1. The molecule has 0 radical (unpaired) electrons. The van der Waals surface area contributed by atoms with Gasteiger partial charge in [-0.2, -0.15) is 0 Å². The van der Waals surface area contributed by atoms with Gasteiger partial charge in [0.25, 0.3) is 5.91 Å². The number of thiazole rings is 1. The molecule has 0 atom stereocenters. The molecule has 1 amide bonds. The number of hydrogen-bond acceptors (Lipinski definition) is 5. The van der Waals surface area contributed by atoms with E-state index in [0.717, 1.165) is 31.4 Å². The summed E-state index contributed by atoms with van der Waals surface area (Å²) in [5.41, 5.74) is 1.72. The first kappa shape index (κ1) is 18.1. The van der Waals surface area contributed by atoms with Gasteiger partial charge in [-0.25, -0.2) is 4.98 Å². The van der Waals surface area contributed by atoms with Gasteiger partial charge in [-0.15, -0.1) is 22.7 Å². The van der Waals surface area contributed by atoms with E-state index >= 15 is 0 Å². The van der Waals surface area contributed by atoms with Gasteiger partial charge < -0.3 is 9.64 Å². The van der Waals surface area contributed by atoms with Crippen molar-refractivity contribution in [1.29, 1.82) is 0 Å². The number of methoxy groups -OCH3 is 1. The first-order chi connectivity index (χ1) is 12.0. The zero-order valence-corrected chi connectivity index (χ0v) is 17.3. The van der Waals surface area contributed by atoms with E-state index in [1.54, 1.807) is 30.4 Å². The van der Waals surface area contributed by atoms with Crippen LogP contribution in [0, 0.1) is 6.92 Å². The Morgan fingerprint density at radius 2 is 2.16 bits per heavy atom. The minimum Gasteiger partial charge on any atom is -0.496 e. The van der Waals surface area contributed by atoms with Crippen molar-refractivity contribution in [3.05, 3.63) is 56.3 Å². The summed E-state index contributed by atoms with van der Waals surface area (Å²) in [4.78, 5) is 20.9. The van der Waals surface area contributed by atoms with Gasteiger partial charge in [0.1, 0.15) is 15.6 Å². The van der Waals surface area contributed by atoms with Gasteiger partial charge in [-0.3, -0.25) is 4.79 Å². The highest BCUT2D eigenvalue weighted by Gasteiger charge is 2.21. The smallest absolute Gasteiger partial charge is 0.265 e. The van der Waals surface area contributed by atoms with E-state index in [1.807, 2.05) is 42.6 Å². The SMILES string of the molecule is COc1ccc(Br)cc1CN(C)C(=O)c1sc(-c2cccs2)nc1C. The van der Waals surface area contributed by atoms with Crippen molar-refractivity contribution < 1.29 is 9.53 Å². The van der Waals surface area contributed by atoms with Crippen LogP contribution >= 0.6 is 38.6 Å². The van der Waals surface area contributed by atoms with Crippen LogP contribution in [0.4, 0.5) is 0 Å². The minimum absolute atomic E-state index is 0.0279. The molecule has 0 unspecified atom stereocenters. The molecule has 25 heavy (non-hydrogen) atoms. The number of carbonyl (C=O) groups is 1. The third-order valence-corrected chi connectivity index (χ3v) is 6.40. The molecule has 0 saturated carbocycles. The fraction of sp³-hybridized carbons (Fsp3) is 0.222. The van der Waals surface area contributed by atoms with E-state index < -0.39 is 0 Å². The summed E-state index contributed by atoms with van der Waals surface area (Å²) in [5.74, 6) is 0.739. The van der Waals surface area contributed by atoms with E-state index in [-0.39, 0.29) is 5.91 Å². The highest BCUT2D eigenvalue weighted by Crippen LogP contribution is 2.32. The highest BCUT2D eigenvalue weighted by atomic mass is 79.9.